The SMILES string of the molecule is O=S(C=Cc1c(F)c(F)c(F)c(F)c1F)Cc1ccc(Cl)c(Cl)c1. The summed E-state index contributed by atoms with van der Waals surface area (Å²) in [6, 6.07) is 4.47. The lowest BCUT2D eigenvalue weighted by molar-refractivity contribution is 0.377. The monoisotopic (exact) mass is 400 g/mol. The van der Waals surface area contributed by atoms with Gasteiger partial charge in [0, 0.05) is 5.41 Å². The summed E-state index contributed by atoms with van der Waals surface area (Å²) in [7, 11) is -1.78. The van der Waals surface area contributed by atoms with Crippen LogP contribution in [0.3, 0.4) is 0 Å². The van der Waals surface area contributed by atoms with Crippen molar-refractivity contribution in [2.24, 2.45) is 0 Å². The van der Waals surface area contributed by atoms with Gasteiger partial charge in [-0.1, -0.05) is 29.3 Å². The molecule has 0 saturated carbocycles. The molecule has 9 heteroatoms. The summed E-state index contributed by atoms with van der Waals surface area (Å²) in [6.07, 6.45) is 0.587. The van der Waals surface area contributed by atoms with Gasteiger partial charge in [0.2, 0.25) is 5.82 Å². The Balaban J connectivity index is 2.25. The smallest absolute Gasteiger partial charge is 0.200 e. The average Bonchev–Trinajstić information content (AvgIpc) is 2.54. The Morgan fingerprint density at radius 1 is 0.875 bits per heavy atom. The predicted molar refractivity (Wildman–Crippen MR) is 83.6 cm³/mol. The van der Waals surface area contributed by atoms with Crippen LogP contribution in [0, 0.1) is 29.1 Å². The third-order valence-corrected chi connectivity index (χ3v) is 4.72. The normalized spacial score (nSPS) is 12.8. The molecule has 1 unspecified atom stereocenters. The molecule has 0 radical (unpaired) electrons. The van der Waals surface area contributed by atoms with E-state index in [2.05, 4.69) is 0 Å². The van der Waals surface area contributed by atoms with E-state index in [4.69, 9.17) is 23.2 Å². The molecule has 2 aromatic rings. The molecule has 0 amide bonds. The van der Waals surface area contributed by atoms with Crippen LogP contribution < -0.4 is 0 Å². The van der Waals surface area contributed by atoms with Gasteiger partial charge in [0.15, 0.2) is 23.3 Å². The minimum atomic E-state index is -2.25. The molecule has 0 bridgehead atoms. The molecule has 1 atom stereocenters. The zero-order chi connectivity index (χ0) is 18.0. The lowest BCUT2D eigenvalue weighted by Gasteiger charge is -2.04. The molecule has 0 fully saturated rings. The molecule has 24 heavy (non-hydrogen) atoms. The first kappa shape index (κ1) is 18.9. The van der Waals surface area contributed by atoms with Crippen LogP contribution in [0.4, 0.5) is 22.0 Å². The summed E-state index contributed by atoms with van der Waals surface area (Å²) in [4.78, 5) is 0. The average molecular weight is 401 g/mol. The molecule has 2 rings (SSSR count). The first-order chi connectivity index (χ1) is 11.2. The lowest BCUT2D eigenvalue weighted by Crippen LogP contribution is -2.04. The summed E-state index contributed by atoms with van der Waals surface area (Å²) in [6.45, 7) is 0. The van der Waals surface area contributed by atoms with Gasteiger partial charge in [-0.25, -0.2) is 22.0 Å². The van der Waals surface area contributed by atoms with Crippen LogP contribution in [0.1, 0.15) is 11.1 Å². The molecule has 0 N–H and O–H groups in total. The highest BCUT2D eigenvalue weighted by molar-refractivity contribution is 7.87. The number of hydrogen-bond donors (Lipinski definition) is 0. The maximum Gasteiger partial charge on any atom is 0.200 e. The largest absolute Gasteiger partial charge is 0.255 e. The van der Waals surface area contributed by atoms with Crippen molar-refractivity contribution in [3.8, 4) is 0 Å². The van der Waals surface area contributed by atoms with Crippen LogP contribution in [0.25, 0.3) is 6.08 Å². The van der Waals surface area contributed by atoms with Gasteiger partial charge in [-0.15, -0.1) is 0 Å². The molecule has 0 heterocycles. The molecule has 128 valence electrons. The minimum Gasteiger partial charge on any atom is -0.255 e. The second kappa shape index (κ2) is 7.63. The second-order valence-electron chi connectivity index (χ2n) is 4.56. The van der Waals surface area contributed by atoms with Crippen molar-refractivity contribution in [1.29, 1.82) is 0 Å². The van der Waals surface area contributed by atoms with Gasteiger partial charge in [-0.2, -0.15) is 0 Å². The Labute approximate surface area is 146 Å². The van der Waals surface area contributed by atoms with E-state index < -0.39 is 45.4 Å². The third kappa shape index (κ3) is 3.96. The van der Waals surface area contributed by atoms with Crippen LogP contribution in [0.15, 0.2) is 23.6 Å². The lowest BCUT2D eigenvalue weighted by atomic mass is 10.1. The highest BCUT2D eigenvalue weighted by Crippen LogP contribution is 2.25. The highest BCUT2D eigenvalue weighted by Gasteiger charge is 2.24. The van der Waals surface area contributed by atoms with E-state index in [1.165, 1.54) is 12.1 Å². The highest BCUT2D eigenvalue weighted by atomic mass is 35.5. The van der Waals surface area contributed by atoms with Gasteiger partial charge in [0.1, 0.15) is 0 Å². The van der Waals surface area contributed by atoms with Crippen LogP contribution in [-0.4, -0.2) is 4.21 Å². The predicted octanol–water partition coefficient (Wildman–Crippen LogP) is 5.61. The van der Waals surface area contributed by atoms with Gasteiger partial charge in [0.05, 0.1) is 32.2 Å². The van der Waals surface area contributed by atoms with Gasteiger partial charge < -0.3 is 0 Å². The van der Waals surface area contributed by atoms with E-state index in [1.807, 2.05) is 0 Å². The van der Waals surface area contributed by atoms with Gasteiger partial charge in [-0.05, 0) is 23.8 Å². The molecule has 0 saturated heterocycles. The van der Waals surface area contributed by atoms with Crippen molar-refractivity contribution in [3.05, 3.63) is 73.9 Å². The maximum absolute atomic E-state index is 13.5. The van der Waals surface area contributed by atoms with Crippen LogP contribution >= 0.6 is 23.2 Å². The van der Waals surface area contributed by atoms with Crippen molar-refractivity contribution in [2.45, 2.75) is 5.75 Å². The molecule has 0 aliphatic carbocycles. The van der Waals surface area contributed by atoms with Gasteiger partial charge >= 0.3 is 0 Å². The number of benzene rings is 2. The topological polar surface area (TPSA) is 17.1 Å². The molecular formula is C15H7Cl2F5OS. The number of rotatable bonds is 4. The summed E-state index contributed by atoms with van der Waals surface area (Å²) in [5.74, 6) is -10.4. The fourth-order valence-corrected chi connectivity index (χ4v) is 2.97. The third-order valence-electron chi connectivity index (χ3n) is 2.92. The van der Waals surface area contributed by atoms with Crippen LogP contribution in [-0.2, 0) is 16.6 Å². The summed E-state index contributed by atoms with van der Waals surface area (Å²) < 4.78 is 77.9. The van der Waals surface area contributed by atoms with Crippen LogP contribution in [0.5, 0.6) is 0 Å². The first-order valence-electron chi connectivity index (χ1n) is 6.23. The van der Waals surface area contributed by atoms with Crippen molar-refractivity contribution < 1.29 is 26.2 Å². The van der Waals surface area contributed by atoms with E-state index >= 15 is 0 Å². The van der Waals surface area contributed by atoms with Gasteiger partial charge in [-0.3, -0.25) is 4.21 Å². The van der Waals surface area contributed by atoms with E-state index in [0.29, 0.717) is 16.7 Å². The zero-order valence-corrected chi connectivity index (χ0v) is 13.9. The maximum atomic E-state index is 13.5. The minimum absolute atomic E-state index is 0.0806. The molecule has 0 aliphatic heterocycles. The number of hydrogen-bond acceptors (Lipinski definition) is 1. The fraction of sp³-hybridized carbons (Fsp3) is 0.0667. The van der Waals surface area contributed by atoms with Crippen molar-refractivity contribution in [2.75, 3.05) is 0 Å². The standard InChI is InChI=1S/C15H7Cl2F5OS/c16-9-2-1-7(5-10(9)17)6-24(23)4-3-8-11(18)13(20)15(22)14(21)12(8)19/h1-5H,6H2. The Morgan fingerprint density at radius 2 is 1.42 bits per heavy atom. The molecule has 0 spiro atoms. The van der Waals surface area contributed by atoms with Gasteiger partial charge in [0.25, 0.3) is 0 Å². The Hall–Kier alpha value is -1.44. The number of halogens is 7. The summed E-state index contributed by atoms with van der Waals surface area (Å²) in [5.41, 5.74) is -0.640. The van der Waals surface area contributed by atoms with Crippen molar-refractivity contribution >= 4 is 40.1 Å². The summed E-state index contributed by atoms with van der Waals surface area (Å²) >= 11 is 11.5. The van der Waals surface area contributed by atoms with Crippen molar-refractivity contribution in [1.82, 2.24) is 0 Å². The second-order valence-corrected chi connectivity index (χ2v) is 6.70. The fourth-order valence-electron chi connectivity index (χ4n) is 1.75. The van der Waals surface area contributed by atoms with Crippen molar-refractivity contribution in [3.63, 3.8) is 0 Å². The van der Waals surface area contributed by atoms with E-state index in [1.54, 1.807) is 6.07 Å². The summed E-state index contributed by atoms with van der Waals surface area (Å²) in [5, 5.41) is 1.36. The van der Waals surface area contributed by atoms with E-state index in [0.717, 1.165) is 5.41 Å². The first-order valence-corrected chi connectivity index (χ1v) is 8.37. The Kier molecular flexibility index (Phi) is 6.01. The molecule has 0 aromatic heterocycles. The van der Waals surface area contributed by atoms with E-state index in [9.17, 15) is 26.2 Å². The Morgan fingerprint density at radius 3 is 1.96 bits per heavy atom. The Bertz CT molecular complexity index is 825. The van der Waals surface area contributed by atoms with E-state index in [-0.39, 0.29) is 10.8 Å². The molecular weight excluding hydrogens is 394 g/mol. The van der Waals surface area contributed by atoms with Crippen LogP contribution in [0.2, 0.25) is 10.0 Å². The molecule has 2 aromatic carbocycles. The molecule has 0 aliphatic rings. The molecule has 1 nitrogen and oxygen atoms in total. The quantitative estimate of drug-likeness (QED) is 0.370. The zero-order valence-electron chi connectivity index (χ0n) is 11.6.